The molecule has 2 aromatic carbocycles. The first-order valence-electron chi connectivity index (χ1n) is 8.41. The summed E-state index contributed by atoms with van der Waals surface area (Å²) in [5.74, 6) is 1.06. The maximum atomic E-state index is 12.8. The van der Waals surface area contributed by atoms with Crippen LogP contribution in [0.15, 0.2) is 67.0 Å². The molecule has 0 saturated heterocycles. The highest BCUT2D eigenvalue weighted by Crippen LogP contribution is 2.21. The molecule has 0 aliphatic heterocycles. The van der Waals surface area contributed by atoms with Crippen molar-refractivity contribution in [3.05, 3.63) is 78.4 Å². The average molecular weight is 359 g/mol. The van der Waals surface area contributed by atoms with E-state index >= 15 is 0 Å². The molecule has 0 aliphatic carbocycles. The van der Waals surface area contributed by atoms with Crippen LogP contribution in [0.25, 0.3) is 17.1 Å². The third-order valence-electron chi connectivity index (χ3n) is 4.18. The van der Waals surface area contributed by atoms with Crippen molar-refractivity contribution in [3.8, 4) is 17.1 Å². The van der Waals surface area contributed by atoms with Crippen molar-refractivity contribution in [1.82, 2.24) is 35.1 Å². The molecule has 0 saturated carbocycles. The first kappa shape index (κ1) is 16.6. The second kappa shape index (κ2) is 7.20. The molecule has 0 bridgehead atoms. The Morgan fingerprint density at radius 3 is 2.63 bits per heavy atom. The van der Waals surface area contributed by atoms with Crippen molar-refractivity contribution in [3.63, 3.8) is 0 Å². The van der Waals surface area contributed by atoms with E-state index < -0.39 is 0 Å². The van der Waals surface area contributed by atoms with Gasteiger partial charge in [0.25, 0.3) is 5.91 Å². The van der Waals surface area contributed by atoms with Gasteiger partial charge in [0.1, 0.15) is 5.82 Å². The Kier molecular flexibility index (Phi) is 4.44. The molecule has 0 spiro atoms. The number of amides is 1. The summed E-state index contributed by atoms with van der Waals surface area (Å²) in [6.07, 6.45) is 3.55. The number of hydrogen-bond donors (Lipinski definition) is 1. The van der Waals surface area contributed by atoms with E-state index in [-0.39, 0.29) is 12.5 Å². The minimum absolute atomic E-state index is 0.204. The number of hydrogen-bond acceptors (Lipinski definition) is 5. The number of carbonyl (C=O) groups excluding carboxylic acids is 1. The van der Waals surface area contributed by atoms with E-state index in [0.29, 0.717) is 11.4 Å². The van der Waals surface area contributed by atoms with E-state index in [0.717, 1.165) is 17.1 Å². The van der Waals surface area contributed by atoms with Crippen LogP contribution in [0.2, 0.25) is 0 Å². The smallest absolute Gasteiger partial charge is 0.252 e. The molecule has 2 heterocycles. The molecule has 4 rings (SSSR count). The maximum absolute atomic E-state index is 12.8. The molecule has 8 heteroatoms. The fraction of sp³-hybridized carbons (Fsp3) is 0.105. The zero-order valence-electron chi connectivity index (χ0n) is 14.6. The van der Waals surface area contributed by atoms with Crippen LogP contribution < -0.4 is 5.32 Å². The summed E-state index contributed by atoms with van der Waals surface area (Å²) in [6.45, 7) is 0.204. The SMILES string of the molecule is Cn1ccnc1-c1ccccc1C(=O)NCc1nnnn1-c1ccccc1. The molecule has 0 fully saturated rings. The average Bonchev–Trinajstić information content (AvgIpc) is 3.35. The maximum Gasteiger partial charge on any atom is 0.252 e. The summed E-state index contributed by atoms with van der Waals surface area (Å²) in [7, 11) is 1.89. The summed E-state index contributed by atoms with van der Waals surface area (Å²) in [6, 6.07) is 16.9. The highest BCUT2D eigenvalue weighted by atomic mass is 16.1. The third kappa shape index (κ3) is 3.32. The molecule has 0 unspecified atom stereocenters. The van der Waals surface area contributed by atoms with E-state index in [1.807, 2.05) is 66.3 Å². The molecule has 1 amide bonds. The van der Waals surface area contributed by atoms with Crippen LogP contribution in [0, 0.1) is 0 Å². The minimum atomic E-state index is -0.212. The fourth-order valence-electron chi connectivity index (χ4n) is 2.84. The van der Waals surface area contributed by atoms with Crippen LogP contribution in [0.5, 0.6) is 0 Å². The van der Waals surface area contributed by atoms with E-state index in [1.165, 1.54) is 0 Å². The minimum Gasteiger partial charge on any atom is -0.345 e. The summed E-state index contributed by atoms with van der Waals surface area (Å²) in [4.78, 5) is 17.1. The predicted octanol–water partition coefficient (Wildman–Crippen LogP) is 1.99. The van der Waals surface area contributed by atoms with E-state index in [4.69, 9.17) is 0 Å². The normalized spacial score (nSPS) is 10.7. The number of nitrogens with one attached hydrogen (secondary N) is 1. The zero-order chi connectivity index (χ0) is 18.6. The Morgan fingerprint density at radius 1 is 1.07 bits per heavy atom. The lowest BCUT2D eigenvalue weighted by molar-refractivity contribution is 0.0950. The number of carbonyl (C=O) groups is 1. The van der Waals surface area contributed by atoms with Crippen molar-refractivity contribution in [2.75, 3.05) is 0 Å². The van der Waals surface area contributed by atoms with Gasteiger partial charge < -0.3 is 9.88 Å². The number of para-hydroxylation sites is 1. The van der Waals surface area contributed by atoms with Crippen molar-refractivity contribution in [1.29, 1.82) is 0 Å². The van der Waals surface area contributed by atoms with E-state index in [1.54, 1.807) is 16.9 Å². The second-order valence-electron chi connectivity index (χ2n) is 5.93. The number of tetrazole rings is 1. The molecule has 4 aromatic rings. The highest BCUT2D eigenvalue weighted by molar-refractivity contribution is 6.00. The lowest BCUT2D eigenvalue weighted by atomic mass is 10.1. The number of aryl methyl sites for hydroxylation is 1. The van der Waals surface area contributed by atoms with Crippen LogP contribution >= 0.6 is 0 Å². The number of benzene rings is 2. The van der Waals surface area contributed by atoms with Gasteiger partial charge in [0, 0.05) is 25.0 Å². The lowest BCUT2D eigenvalue weighted by Gasteiger charge is -2.10. The quantitative estimate of drug-likeness (QED) is 0.588. The van der Waals surface area contributed by atoms with Crippen LogP contribution in [-0.4, -0.2) is 35.7 Å². The Balaban J connectivity index is 1.56. The van der Waals surface area contributed by atoms with Gasteiger partial charge in [-0.25, -0.2) is 4.98 Å². The van der Waals surface area contributed by atoms with Gasteiger partial charge in [-0.05, 0) is 28.6 Å². The van der Waals surface area contributed by atoms with Gasteiger partial charge in [-0.3, -0.25) is 4.79 Å². The predicted molar refractivity (Wildman–Crippen MR) is 99.0 cm³/mol. The Labute approximate surface area is 155 Å². The molecule has 0 atom stereocenters. The first-order valence-corrected chi connectivity index (χ1v) is 8.41. The largest absolute Gasteiger partial charge is 0.345 e. The van der Waals surface area contributed by atoms with Gasteiger partial charge in [0.15, 0.2) is 5.82 Å². The fourth-order valence-corrected chi connectivity index (χ4v) is 2.84. The monoisotopic (exact) mass is 359 g/mol. The summed E-state index contributed by atoms with van der Waals surface area (Å²) >= 11 is 0. The number of imidazole rings is 1. The van der Waals surface area contributed by atoms with Crippen molar-refractivity contribution in [2.45, 2.75) is 6.54 Å². The van der Waals surface area contributed by atoms with Crippen LogP contribution in [0.3, 0.4) is 0 Å². The topological polar surface area (TPSA) is 90.5 Å². The molecular formula is C19H17N7O. The van der Waals surface area contributed by atoms with Crippen molar-refractivity contribution < 1.29 is 4.79 Å². The summed E-state index contributed by atoms with van der Waals surface area (Å²) < 4.78 is 3.48. The molecule has 27 heavy (non-hydrogen) atoms. The lowest BCUT2D eigenvalue weighted by Crippen LogP contribution is -2.25. The molecule has 8 nitrogen and oxygen atoms in total. The number of nitrogens with zero attached hydrogens (tertiary/aromatic N) is 6. The van der Waals surface area contributed by atoms with Gasteiger partial charge in [-0.2, -0.15) is 4.68 Å². The van der Waals surface area contributed by atoms with Crippen LogP contribution in [0.4, 0.5) is 0 Å². The van der Waals surface area contributed by atoms with Gasteiger partial charge in [0.2, 0.25) is 0 Å². The Hall–Kier alpha value is -3.81. The van der Waals surface area contributed by atoms with Gasteiger partial charge in [-0.1, -0.05) is 36.4 Å². The molecule has 0 radical (unpaired) electrons. The number of rotatable bonds is 5. The molecule has 134 valence electrons. The van der Waals surface area contributed by atoms with Crippen LogP contribution in [0.1, 0.15) is 16.2 Å². The third-order valence-corrected chi connectivity index (χ3v) is 4.18. The van der Waals surface area contributed by atoms with Crippen LogP contribution in [-0.2, 0) is 13.6 Å². The van der Waals surface area contributed by atoms with Gasteiger partial charge in [-0.15, -0.1) is 5.10 Å². The Morgan fingerprint density at radius 2 is 1.85 bits per heavy atom. The van der Waals surface area contributed by atoms with Gasteiger partial charge >= 0.3 is 0 Å². The van der Waals surface area contributed by atoms with E-state index in [2.05, 4.69) is 25.8 Å². The van der Waals surface area contributed by atoms with Gasteiger partial charge in [0.05, 0.1) is 17.8 Å². The molecule has 1 N–H and O–H groups in total. The second-order valence-corrected chi connectivity index (χ2v) is 5.93. The first-order chi connectivity index (χ1) is 13.2. The molecule has 2 aromatic heterocycles. The number of aromatic nitrogens is 6. The standard InChI is InChI=1S/C19H17N7O/c1-25-12-11-20-18(25)15-9-5-6-10-16(15)19(27)21-13-17-22-23-24-26(17)14-7-3-2-4-8-14/h2-12H,13H2,1H3,(H,21,27). The van der Waals surface area contributed by atoms with Crippen molar-refractivity contribution >= 4 is 5.91 Å². The van der Waals surface area contributed by atoms with E-state index in [9.17, 15) is 4.79 Å². The Bertz CT molecular complexity index is 1070. The highest BCUT2D eigenvalue weighted by Gasteiger charge is 2.16. The summed E-state index contributed by atoms with van der Waals surface area (Å²) in [5.41, 5.74) is 2.15. The van der Waals surface area contributed by atoms with Crippen molar-refractivity contribution in [2.24, 2.45) is 7.05 Å². The molecular weight excluding hydrogens is 342 g/mol. The zero-order valence-corrected chi connectivity index (χ0v) is 14.6. The molecule has 0 aliphatic rings. The summed E-state index contributed by atoms with van der Waals surface area (Å²) in [5, 5.41) is 14.6.